The Morgan fingerprint density at radius 2 is 1.86 bits per heavy atom. The van der Waals surface area contributed by atoms with Crippen LogP contribution in [0.4, 0.5) is 0 Å². The summed E-state index contributed by atoms with van der Waals surface area (Å²) in [7, 11) is 5.34. The molecule has 1 saturated heterocycles. The Labute approximate surface area is 179 Å². The normalized spacial score (nSPS) is 18.6. The van der Waals surface area contributed by atoms with Gasteiger partial charge < -0.3 is 19.1 Å². The highest BCUT2D eigenvalue weighted by molar-refractivity contribution is 9.10. The zero-order valence-corrected chi connectivity index (χ0v) is 18.4. The van der Waals surface area contributed by atoms with E-state index in [-0.39, 0.29) is 11.7 Å². The van der Waals surface area contributed by atoms with Crippen molar-refractivity contribution >= 4 is 27.8 Å². The number of nitrogens with zero attached hydrogens (tertiary/aromatic N) is 1. The lowest BCUT2D eigenvalue weighted by molar-refractivity contribution is 0.101. The van der Waals surface area contributed by atoms with Gasteiger partial charge in [0.1, 0.15) is 22.8 Å². The van der Waals surface area contributed by atoms with Crippen LogP contribution in [0.25, 0.3) is 6.08 Å². The van der Waals surface area contributed by atoms with Gasteiger partial charge >= 0.3 is 0 Å². The highest BCUT2D eigenvalue weighted by atomic mass is 79.9. The first-order valence-corrected chi connectivity index (χ1v) is 10.5. The smallest absolute Gasteiger partial charge is 0.235 e. The largest absolute Gasteiger partial charge is 0.496 e. The highest BCUT2D eigenvalue weighted by Crippen LogP contribution is 2.50. The van der Waals surface area contributed by atoms with E-state index in [1.54, 1.807) is 20.3 Å². The molecule has 152 valence electrons. The van der Waals surface area contributed by atoms with Crippen molar-refractivity contribution in [1.82, 2.24) is 4.90 Å². The number of likely N-dealkylation sites (tertiary alicyclic amines) is 1. The molecule has 5 nitrogen and oxygen atoms in total. The molecule has 2 aromatic rings. The summed E-state index contributed by atoms with van der Waals surface area (Å²) in [6, 6.07) is 9.57. The number of halogens is 1. The molecular weight excluding hydrogens is 434 g/mol. The molecule has 0 unspecified atom stereocenters. The minimum absolute atomic E-state index is 0.159. The maximum Gasteiger partial charge on any atom is 0.235 e. The van der Waals surface area contributed by atoms with E-state index in [2.05, 4.69) is 27.9 Å². The van der Waals surface area contributed by atoms with Gasteiger partial charge in [0.05, 0.1) is 14.2 Å². The number of fused-ring (bicyclic) bond motifs is 1. The summed E-state index contributed by atoms with van der Waals surface area (Å²) in [6.07, 6.45) is 3.76. The fraction of sp³-hybridized carbons (Fsp3) is 0.348. The van der Waals surface area contributed by atoms with E-state index in [0.29, 0.717) is 28.6 Å². The Morgan fingerprint density at radius 1 is 1.14 bits per heavy atom. The Kier molecular flexibility index (Phi) is 5.65. The minimum atomic E-state index is -0.159. The van der Waals surface area contributed by atoms with Gasteiger partial charge in [0.25, 0.3) is 0 Å². The van der Waals surface area contributed by atoms with Crippen LogP contribution in [0.1, 0.15) is 40.2 Å². The van der Waals surface area contributed by atoms with Crippen LogP contribution in [-0.4, -0.2) is 45.0 Å². The molecule has 2 heterocycles. The average Bonchev–Trinajstić information content (AvgIpc) is 3.04. The molecule has 0 aromatic heterocycles. The molecule has 0 amide bonds. The molecule has 0 radical (unpaired) electrons. The lowest BCUT2D eigenvalue weighted by Crippen LogP contribution is -2.29. The summed E-state index contributed by atoms with van der Waals surface area (Å²) >= 11 is 3.47. The Hall–Kier alpha value is -2.31. The third-order valence-corrected chi connectivity index (χ3v) is 6.11. The number of allylic oxidation sites excluding steroid dienone is 1. The average molecular weight is 458 g/mol. The standard InChI is InChI=1S/C23H24BrNO4/c1-25-9-7-15(8-10-25)20-17(27-2)13-18(28-3)21-22(26)19(29-23(20)21)12-14-5-4-6-16(24)11-14/h4-6,11-13,15H,7-10H2,1-3H3/b19-12-. The first kappa shape index (κ1) is 20.0. The number of Topliss-reactive ketones (excluding diaryl/α,β-unsaturated/α-hetero) is 1. The summed E-state index contributed by atoms with van der Waals surface area (Å²) in [5.74, 6) is 2.20. The van der Waals surface area contributed by atoms with E-state index in [4.69, 9.17) is 14.2 Å². The number of rotatable bonds is 4. The van der Waals surface area contributed by atoms with Crippen LogP contribution >= 0.6 is 15.9 Å². The molecule has 29 heavy (non-hydrogen) atoms. The van der Waals surface area contributed by atoms with Gasteiger partial charge in [0, 0.05) is 16.1 Å². The molecule has 0 atom stereocenters. The van der Waals surface area contributed by atoms with E-state index in [9.17, 15) is 4.79 Å². The van der Waals surface area contributed by atoms with Gasteiger partial charge in [-0.1, -0.05) is 28.1 Å². The van der Waals surface area contributed by atoms with Crippen LogP contribution in [0.3, 0.4) is 0 Å². The third-order valence-electron chi connectivity index (χ3n) is 5.62. The first-order valence-electron chi connectivity index (χ1n) is 9.69. The number of carbonyl (C=O) groups is 1. The fourth-order valence-electron chi connectivity index (χ4n) is 4.08. The molecule has 1 fully saturated rings. The van der Waals surface area contributed by atoms with Crippen molar-refractivity contribution in [3.63, 3.8) is 0 Å². The summed E-state index contributed by atoms with van der Waals surface area (Å²) in [4.78, 5) is 15.5. The molecule has 0 N–H and O–H groups in total. The number of ether oxygens (including phenoxy) is 3. The summed E-state index contributed by atoms with van der Waals surface area (Å²) < 4.78 is 18.3. The Balaban J connectivity index is 1.81. The zero-order valence-electron chi connectivity index (χ0n) is 16.8. The van der Waals surface area contributed by atoms with Crippen molar-refractivity contribution in [3.05, 3.63) is 57.3 Å². The molecule has 0 bridgehead atoms. The number of hydrogen-bond acceptors (Lipinski definition) is 5. The Morgan fingerprint density at radius 3 is 2.52 bits per heavy atom. The fourth-order valence-corrected chi connectivity index (χ4v) is 4.50. The lowest BCUT2D eigenvalue weighted by atomic mass is 9.86. The van der Waals surface area contributed by atoms with E-state index >= 15 is 0 Å². The predicted octanol–water partition coefficient (Wildman–Crippen LogP) is 4.89. The molecular formula is C23H24BrNO4. The van der Waals surface area contributed by atoms with Gasteiger partial charge in [0.15, 0.2) is 5.76 Å². The van der Waals surface area contributed by atoms with Crippen LogP contribution in [-0.2, 0) is 0 Å². The topological polar surface area (TPSA) is 48.0 Å². The number of hydrogen-bond donors (Lipinski definition) is 0. The van der Waals surface area contributed by atoms with Crippen molar-refractivity contribution in [3.8, 4) is 17.2 Å². The maximum atomic E-state index is 13.2. The van der Waals surface area contributed by atoms with E-state index in [1.165, 1.54) is 0 Å². The summed E-state index contributed by atoms with van der Waals surface area (Å²) in [5, 5.41) is 0. The first-order chi connectivity index (χ1) is 14.0. The molecule has 0 saturated carbocycles. The molecule has 6 heteroatoms. The van der Waals surface area contributed by atoms with Gasteiger partial charge in [-0.2, -0.15) is 0 Å². The van der Waals surface area contributed by atoms with Crippen molar-refractivity contribution in [1.29, 1.82) is 0 Å². The van der Waals surface area contributed by atoms with Gasteiger partial charge in [-0.25, -0.2) is 0 Å². The molecule has 2 aliphatic rings. The zero-order chi connectivity index (χ0) is 20.5. The molecule has 0 spiro atoms. The second-order valence-electron chi connectivity index (χ2n) is 7.47. The maximum absolute atomic E-state index is 13.2. The number of benzene rings is 2. The second kappa shape index (κ2) is 8.20. The number of ketones is 1. The van der Waals surface area contributed by atoms with Crippen LogP contribution < -0.4 is 14.2 Å². The van der Waals surface area contributed by atoms with Crippen LogP contribution in [0.2, 0.25) is 0 Å². The molecule has 2 aromatic carbocycles. The minimum Gasteiger partial charge on any atom is -0.496 e. The quantitative estimate of drug-likeness (QED) is 0.611. The summed E-state index contributed by atoms with van der Waals surface area (Å²) in [6.45, 7) is 2.01. The Bertz CT molecular complexity index is 977. The molecule has 2 aliphatic heterocycles. The summed E-state index contributed by atoms with van der Waals surface area (Å²) in [5.41, 5.74) is 2.35. The van der Waals surface area contributed by atoms with Gasteiger partial charge in [0.2, 0.25) is 5.78 Å². The number of methoxy groups -OCH3 is 2. The number of piperidine rings is 1. The van der Waals surface area contributed by atoms with Crippen molar-refractivity contribution in [2.75, 3.05) is 34.4 Å². The van der Waals surface area contributed by atoms with E-state index in [0.717, 1.165) is 41.5 Å². The number of carbonyl (C=O) groups excluding carboxylic acids is 1. The second-order valence-corrected chi connectivity index (χ2v) is 8.39. The van der Waals surface area contributed by atoms with E-state index < -0.39 is 0 Å². The monoisotopic (exact) mass is 457 g/mol. The van der Waals surface area contributed by atoms with Crippen molar-refractivity contribution in [2.24, 2.45) is 0 Å². The van der Waals surface area contributed by atoms with Crippen molar-refractivity contribution in [2.45, 2.75) is 18.8 Å². The molecule has 4 rings (SSSR count). The van der Waals surface area contributed by atoms with E-state index in [1.807, 2.05) is 30.3 Å². The van der Waals surface area contributed by atoms with Gasteiger partial charge in [-0.3, -0.25) is 4.79 Å². The van der Waals surface area contributed by atoms with Crippen LogP contribution in [0.5, 0.6) is 17.2 Å². The van der Waals surface area contributed by atoms with Crippen LogP contribution in [0.15, 0.2) is 40.6 Å². The van der Waals surface area contributed by atoms with Gasteiger partial charge in [-0.05, 0) is 62.7 Å². The highest BCUT2D eigenvalue weighted by Gasteiger charge is 2.38. The lowest BCUT2D eigenvalue weighted by Gasteiger charge is -2.30. The van der Waals surface area contributed by atoms with Crippen LogP contribution in [0, 0.1) is 0 Å². The molecule has 0 aliphatic carbocycles. The van der Waals surface area contributed by atoms with Gasteiger partial charge in [-0.15, -0.1) is 0 Å². The third kappa shape index (κ3) is 3.79. The predicted molar refractivity (Wildman–Crippen MR) is 116 cm³/mol. The van der Waals surface area contributed by atoms with Crippen molar-refractivity contribution < 1.29 is 19.0 Å². The SMILES string of the molecule is COc1cc(OC)c(C2CCN(C)CC2)c2c1C(=O)/C(=C/c1cccc(Br)c1)O2.